The Labute approximate surface area is 112 Å². The van der Waals surface area contributed by atoms with Crippen LogP contribution in [0.25, 0.3) is 0 Å². The zero-order valence-electron chi connectivity index (χ0n) is 9.59. The van der Waals surface area contributed by atoms with E-state index in [1.165, 1.54) is 12.1 Å². The molecule has 0 aliphatic rings. The van der Waals surface area contributed by atoms with Crippen molar-refractivity contribution in [3.8, 4) is 0 Å². The highest BCUT2D eigenvalue weighted by molar-refractivity contribution is 9.10. The lowest BCUT2D eigenvalue weighted by atomic mass is 10.2. The van der Waals surface area contributed by atoms with Gasteiger partial charge in [-0.05, 0) is 24.6 Å². The minimum Gasteiger partial charge on any atom is -0.481 e. The Kier molecular flexibility index (Phi) is 5.08. The van der Waals surface area contributed by atoms with E-state index in [-0.39, 0.29) is 18.7 Å². The van der Waals surface area contributed by atoms with Crippen LogP contribution < -0.4 is 10.6 Å². The number of amides is 2. The molecule has 1 rings (SSSR count). The Morgan fingerprint density at radius 1 is 1.44 bits per heavy atom. The number of carbonyl (C=O) groups is 2. The quantitative estimate of drug-likeness (QED) is 0.798. The molecule has 0 fully saturated rings. The van der Waals surface area contributed by atoms with Crippen molar-refractivity contribution in [3.63, 3.8) is 0 Å². The number of halogens is 2. The molecule has 7 heteroatoms. The second-order valence-corrected chi connectivity index (χ2v) is 4.46. The highest BCUT2D eigenvalue weighted by atomic mass is 79.9. The van der Waals surface area contributed by atoms with Gasteiger partial charge in [0.25, 0.3) is 0 Å². The predicted octanol–water partition coefficient (Wildman–Crippen LogP) is 2.49. The van der Waals surface area contributed by atoms with E-state index in [9.17, 15) is 14.0 Å². The molecular formula is C11H12BrFN2O3. The summed E-state index contributed by atoms with van der Waals surface area (Å²) >= 11 is 3.17. The number of carboxylic acids is 1. The van der Waals surface area contributed by atoms with Crippen LogP contribution in [0.5, 0.6) is 0 Å². The molecule has 0 saturated carbocycles. The van der Waals surface area contributed by atoms with Gasteiger partial charge in [-0.3, -0.25) is 4.79 Å². The fourth-order valence-electron chi connectivity index (χ4n) is 1.20. The molecule has 3 N–H and O–H groups in total. The molecular weight excluding hydrogens is 307 g/mol. The number of rotatable bonds is 4. The molecule has 0 atom stereocenters. The molecule has 0 unspecified atom stereocenters. The minimum atomic E-state index is -1.01. The highest BCUT2D eigenvalue weighted by Gasteiger charge is 2.09. The molecule has 0 spiro atoms. The molecule has 0 aliphatic heterocycles. The van der Waals surface area contributed by atoms with Gasteiger partial charge in [0.1, 0.15) is 5.82 Å². The summed E-state index contributed by atoms with van der Waals surface area (Å²) in [7, 11) is 0. The Hall–Kier alpha value is -1.63. The SMILES string of the molecule is Cc1cc(NC(=O)NCCC(=O)O)c(F)cc1Br. The summed E-state index contributed by atoms with van der Waals surface area (Å²) in [5.74, 6) is -1.58. The molecule has 5 nitrogen and oxygen atoms in total. The van der Waals surface area contributed by atoms with Gasteiger partial charge in [0, 0.05) is 11.0 Å². The fourth-order valence-corrected chi connectivity index (χ4v) is 1.52. The number of urea groups is 1. The van der Waals surface area contributed by atoms with Crippen LogP contribution in [0.4, 0.5) is 14.9 Å². The van der Waals surface area contributed by atoms with E-state index in [1.807, 2.05) is 0 Å². The summed E-state index contributed by atoms with van der Waals surface area (Å²) in [5, 5.41) is 13.0. The van der Waals surface area contributed by atoms with Gasteiger partial charge < -0.3 is 15.7 Å². The molecule has 18 heavy (non-hydrogen) atoms. The first-order chi connectivity index (χ1) is 8.40. The summed E-state index contributed by atoms with van der Waals surface area (Å²) in [6, 6.07) is 2.09. The zero-order valence-corrected chi connectivity index (χ0v) is 11.2. The molecule has 98 valence electrons. The molecule has 0 saturated heterocycles. The molecule has 0 bridgehead atoms. The van der Waals surface area contributed by atoms with Crippen molar-refractivity contribution in [3.05, 3.63) is 28.0 Å². The third-order valence-corrected chi connectivity index (χ3v) is 2.98. The van der Waals surface area contributed by atoms with E-state index >= 15 is 0 Å². The Balaban J connectivity index is 2.59. The smallest absolute Gasteiger partial charge is 0.319 e. The molecule has 0 aliphatic carbocycles. The van der Waals surface area contributed by atoms with E-state index in [0.717, 1.165) is 5.56 Å². The monoisotopic (exact) mass is 318 g/mol. The van der Waals surface area contributed by atoms with Crippen molar-refractivity contribution >= 4 is 33.6 Å². The van der Waals surface area contributed by atoms with Gasteiger partial charge in [-0.25, -0.2) is 9.18 Å². The minimum absolute atomic E-state index is 0.0156. The maximum Gasteiger partial charge on any atom is 0.319 e. The van der Waals surface area contributed by atoms with E-state index in [0.29, 0.717) is 4.47 Å². The first kappa shape index (κ1) is 14.4. The largest absolute Gasteiger partial charge is 0.481 e. The van der Waals surface area contributed by atoms with Crippen molar-refractivity contribution in [2.75, 3.05) is 11.9 Å². The summed E-state index contributed by atoms with van der Waals surface area (Å²) in [6.07, 6.45) is -0.185. The highest BCUT2D eigenvalue weighted by Crippen LogP contribution is 2.23. The molecule has 0 heterocycles. The summed E-state index contributed by atoms with van der Waals surface area (Å²) < 4.78 is 14.1. The Bertz CT molecular complexity index is 480. The van der Waals surface area contributed by atoms with Crippen LogP contribution in [0.1, 0.15) is 12.0 Å². The molecule has 2 amide bonds. The number of aliphatic carboxylic acids is 1. The maximum absolute atomic E-state index is 13.5. The second kappa shape index (κ2) is 6.34. The lowest BCUT2D eigenvalue weighted by Crippen LogP contribution is -2.30. The maximum atomic E-state index is 13.5. The van der Waals surface area contributed by atoms with E-state index in [1.54, 1.807) is 6.92 Å². The van der Waals surface area contributed by atoms with Gasteiger partial charge >= 0.3 is 12.0 Å². The number of carbonyl (C=O) groups excluding carboxylic acids is 1. The number of nitrogens with one attached hydrogen (secondary N) is 2. The summed E-state index contributed by atoms with van der Waals surface area (Å²) in [5.41, 5.74) is 0.820. The van der Waals surface area contributed by atoms with E-state index < -0.39 is 17.8 Å². The number of aryl methyl sites for hydroxylation is 1. The van der Waals surface area contributed by atoms with Crippen LogP contribution >= 0.6 is 15.9 Å². The van der Waals surface area contributed by atoms with Crippen LogP contribution in [-0.4, -0.2) is 23.7 Å². The number of anilines is 1. The molecule has 0 radical (unpaired) electrons. The fraction of sp³-hybridized carbons (Fsp3) is 0.273. The third-order valence-electron chi connectivity index (χ3n) is 2.12. The van der Waals surface area contributed by atoms with Crippen molar-refractivity contribution in [1.29, 1.82) is 0 Å². The number of hydrogen-bond donors (Lipinski definition) is 3. The Morgan fingerprint density at radius 2 is 2.11 bits per heavy atom. The van der Waals surface area contributed by atoms with E-state index in [4.69, 9.17) is 5.11 Å². The summed E-state index contributed by atoms with van der Waals surface area (Å²) in [4.78, 5) is 21.6. The zero-order chi connectivity index (χ0) is 13.7. The van der Waals surface area contributed by atoms with Crippen LogP contribution in [-0.2, 0) is 4.79 Å². The van der Waals surface area contributed by atoms with Gasteiger partial charge in [-0.2, -0.15) is 0 Å². The second-order valence-electron chi connectivity index (χ2n) is 3.61. The number of carboxylic acid groups (broad SMARTS) is 1. The number of hydrogen-bond acceptors (Lipinski definition) is 2. The van der Waals surface area contributed by atoms with Crippen molar-refractivity contribution < 1.29 is 19.1 Å². The van der Waals surface area contributed by atoms with Crippen molar-refractivity contribution in [2.24, 2.45) is 0 Å². The lowest BCUT2D eigenvalue weighted by molar-refractivity contribution is -0.136. The van der Waals surface area contributed by atoms with E-state index in [2.05, 4.69) is 26.6 Å². The van der Waals surface area contributed by atoms with Crippen LogP contribution in [0, 0.1) is 12.7 Å². The predicted molar refractivity (Wildman–Crippen MR) is 68.1 cm³/mol. The van der Waals surface area contributed by atoms with Gasteiger partial charge in [0.2, 0.25) is 0 Å². The summed E-state index contributed by atoms with van der Waals surface area (Å²) in [6.45, 7) is 1.75. The van der Waals surface area contributed by atoms with Crippen molar-refractivity contribution in [1.82, 2.24) is 5.32 Å². The molecule has 1 aromatic carbocycles. The van der Waals surface area contributed by atoms with Gasteiger partial charge in [0.05, 0.1) is 12.1 Å². The van der Waals surface area contributed by atoms with Crippen LogP contribution in [0.2, 0.25) is 0 Å². The lowest BCUT2D eigenvalue weighted by Gasteiger charge is -2.09. The average molecular weight is 319 g/mol. The Morgan fingerprint density at radius 3 is 2.72 bits per heavy atom. The first-order valence-electron chi connectivity index (χ1n) is 5.12. The van der Waals surface area contributed by atoms with Gasteiger partial charge in [-0.15, -0.1) is 0 Å². The van der Waals surface area contributed by atoms with Gasteiger partial charge in [-0.1, -0.05) is 15.9 Å². The normalized spacial score (nSPS) is 9.94. The number of benzene rings is 1. The third kappa shape index (κ3) is 4.33. The standard InChI is InChI=1S/C11H12BrFN2O3/c1-6-4-9(8(13)5-7(6)12)15-11(18)14-3-2-10(16)17/h4-5H,2-3H2,1H3,(H,16,17)(H2,14,15,18). The topological polar surface area (TPSA) is 78.4 Å². The first-order valence-corrected chi connectivity index (χ1v) is 5.91. The molecule has 1 aromatic rings. The average Bonchev–Trinajstić information content (AvgIpc) is 2.25. The van der Waals surface area contributed by atoms with Crippen molar-refractivity contribution in [2.45, 2.75) is 13.3 Å². The van der Waals surface area contributed by atoms with Gasteiger partial charge in [0.15, 0.2) is 0 Å². The van der Waals surface area contributed by atoms with Crippen LogP contribution in [0.3, 0.4) is 0 Å². The molecule has 0 aromatic heterocycles. The van der Waals surface area contributed by atoms with Crippen LogP contribution in [0.15, 0.2) is 16.6 Å².